The van der Waals surface area contributed by atoms with Crippen molar-refractivity contribution in [3.63, 3.8) is 0 Å². The van der Waals surface area contributed by atoms with Gasteiger partial charge in [0.2, 0.25) is 0 Å². The van der Waals surface area contributed by atoms with Crippen molar-refractivity contribution in [3.05, 3.63) is 107 Å². The molecule has 0 aliphatic rings. The van der Waals surface area contributed by atoms with E-state index in [4.69, 9.17) is 0 Å². The van der Waals surface area contributed by atoms with Gasteiger partial charge in [-0.3, -0.25) is 9.78 Å². The lowest BCUT2D eigenvalue weighted by Gasteiger charge is -2.10. The number of carbonyl (C=O) groups is 1. The van der Waals surface area contributed by atoms with Gasteiger partial charge in [-0.05, 0) is 42.3 Å². The molecular weight excluding hydrogens is 408 g/mol. The minimum absolute atomic E-state index is 0.0214. The first-order chi connectivity index (χ1) is 14.9. The van der Waals surface area contributed by atoms with Crippen LogP contribution in [-0.4, -0.2) is 19.3 Å². The van der Waals surface area contributed by atoms with Crippen molar-refractivity contribution in [2.45, 2.75) is 18.4 Å². The Balaban J connectivity index is 1.51. The number of fused-ring (bicyclic) bond motifs is 1. The summed E-state index contributed by atoms with van der Waals surface area (Å²) < 4.78 is 25.2. The average Bonchev–Trinajstić information content (AvgIpc) is 2.73. The predicted molar refractivity (Wildman–Crippen MR) is 124 cm³/mol. The van der Waals surface area contributed by atoms with Gasteiger partial charge in [-0.2, -0.15) is 0 Å². The van der Waals surface area contributed by atoms with Crippen LogP contribution in [0.25, 0.3) is 10.9 Å². The number of carbonyl (C=O) groups excluding carboxylic acids is 1. The maximum absolute atomic E-state index is 12.8. The van der Waals surface area contributed by atoms with Crippen molar-refractivity contribution in [3.8, 4) is 0 Å². The van der Waals surface area contributed by atoms with Crippen LogP contribution in [0.5, 0.6) is 0 Å². The zero-order chi connectivity index (χ0) is 21.8. The number of para-hydroxylation sites is 1. The lowest BCUT2D eigenvalue weighted by molar-refractivity contribution is 0.102. The van der Waals surface area contributed by atoms with Crippen LogP contribution in [0.4, 0.5) is 5.69 Å². The molecule has 0 atom stereocenters. The minimum atomic E-state index is -3.34. The molecule has 1 N–H and O–H groups in total. The van der Waals surface area contributed by atoms with Gasteiger partial charge < -0.3 is 5.32 Å². The van der Waals surface area contributed by atoms with Crippen LogP contribution in [0.1, 0.15) is 27.2 Å². The molecule has 0 fully saturated rings. The van der Waals surface area contributed by atoms with Gasteiger partial charge in [0.05, 0.1) is 28.3 Å². The van der Waals surface area contributed by atoms with Gasteiger partial charge in [0.25, 0.3) is 5.91 Å². The topological polar surface area (TPSA) is 76.1 Å². The highest BCUT2D eigenvalue weighted by atomic mass is 32.2. The molecule has 1 heterocycles. The summed E-state index contributed by atoms with van der Waals surface area (Å²) in [5.74, 6) is -0.394. The number of nitrogens with one attached hydrogen (secondary N) is 1. The molecule has 5 nitrogen and oxygen atoms in total. The van der Waals surface area contributed by atoms with Crippen LogP contribution < -0.4 is 5.32 Å². The quantitative estimate of drug-likeness (QED) is 0.472. The normalized spacial score (nSPS) is 11.4. The van der Waals surface area contributed by atoms with Crippen LogP contribution in [0.2, 0.25) is 0 Å². The Hall–Kier alpha value is -3.51. The fourth-order valence-electron chi connectivity index (χ4n) is 3.51. The summed E-state index contributed by atoms with van der Waals surface area (Å²) in [7, 11) is -3.34. The summed E-state index contributed by atoms with van der Waals surface area (Å²) in [4.78, 5) is 17.4. The summed E-state index contributed by atoms with van der Waals surface area (Å²) in [5, 5.41) is 3.75. The van der Waals surface area contributed by atoms with Crippen LogP contribution in [0, 0.1) is 6.92 Å². The highest BCUT2D eigenvalue weighted by molar-refractivity contribution is 7.89. The maximum atomic E-state index is 12.8. The highest BCUT2D eigenvalue weighted by Crippen LogP contribution is 2.20. The Morgan fingerprint density at radius 1 is 0.839 bits per heavy atom. The van der Waals surface area contributed by atoms with Gasteiger partial charge in [-0.15, -0.1) is 0 Å². The summed E-state index contributed by atoms with van der Waals surface area (Å²) >= 11 is 0. The van der Waals surface area contributed by atoms with Crippen molar-refractivity contribution in [1.82, 2.24) is 4.98 Å². The van der Waals surface area contributed by atoms with Gasteiger partial charge in [0, 0.05) is 11.1 Å². The van der Waals surface area contributed by atoms with E-state index in [0.29, 0.717) is 22.5 Å². The van der Waals surface area contributed by atoms with Crippen molar-refractivity contribution >= 4 is 32.3 Å². The summed E-state index contributed by atoms with van der Waals surface area (Å²) in [5.41, 5.74) is 3.89. The van der Waals surface area contributed by atoms with E-state index in [1.807, 2.05) is 48.5 Å². The molecule has 0 spiro atoms. The SMILES string of the molecule is Cc1nc2ccccc2cc1C(=O)Nc1cccc(CS(=O)(=O)Cc2ccccc2)c1. The molecule has 6 heteroatoms. The molecule has 31 heavy (non-hydrogen) atoms. The minimum Gasteiger partial charge on any atom is -0.322 e. The smallest absolute Gasteiger partial charge is 0.257 e. The lowest BCUT2D eigenvalue weighted by atomic mass is 10.1. The highest BCUT2D eigenvalue weighted by Gasteiger charge is 2.15. The number of hydrogen-bond acceptors (Lipinski definition) is 4. The van der Waals surface area contributed by atoms with E-state index in [9.17, 15) is 13.2 Å². The first-order valence-electron chi connectivity index (χ1n) is 9.91. The Bertz CT molecular complexity index is 1350. The number of benzene rings is 3. The third-order valence-corrected chi connectivity index (χ3v) is 6.51. The molecular formula is C25H22N2O3S. The number of sulfone groups is 1. The van der Waals surface area contributed by atoms with Gasteiger partial charge in [-0.1, -0.05) is 60.7 Å². The third-order valence-electron chi connectivity index (χ3n) is 4.96. The monoisotopic (exact) mass is 430 g/mol. The molecule has 0 aliphatic heterocycles. The molecule has 0 aliphatic carbocycles. The van der Waals surface area contributed by atoms with E-state index in [1.165, 1.54) is 0 Å². The Morgan fingerprint density at radius 2 is 1.52 bits per heavy atom. The fourth-order valence-corrected chi connectivity index (χ4v) is 5.00. The van der Waals surface area contributed by atoms with E-state index >= 15 is 0 Å². The predicted octanol–water partition coefficient (Wildman–Crippen LogP) is 4.91. The van der Waals surface area contributed by atoms with Crippen LogP contribution in [0.15, 0.2) is 84.9 Å². The lowest BCUT2D eigenvalue weighted by Crippen LogP contribution is -2.14. The van der Waals surface area contributed by atoms with Crippen molar-refractivity contribution in [2.75, 3.05) is 5.32 Å². The van der Waals surface area contributed by atoms with Crippen LogP contribution >= 0.6 is 0 Å². The molecule has 1 aromatic heterocycles. The number of aryl methyl sites for hydroxylation is 1. The molecule has 0 unspecified atom stereocenters. The van der Waals surface area contributed by atoms with Crippen LogP contribution in [0.3, 0.4) is 0 Å². The van der Waals surface area contributed by atoms with E-state index in [2.05, 4.69) is 10.3 Å². The van der Waals surface area contributed by atoms with E-state index in [-0.39, 0.29) is 17.4 Å². The number of nitrogens with zero attached hydrogens (tertiary/aromatic N) is 1. The molecule has 0 saturated heterocycles. The van der Waals surface area contributed by atoms with E-state index < -0.39 is 9.84 Å². The second-order valence-corrected chi connectivity index (χ2v) is 9.55. The van der Waals surface area contributed by atoms with Gasteiger partial charge >= 0.3 is 0 Å². The largest absolute Gasteiger partial charge is 0.322 e. The first kappa shape index (κ1) is 20.8. The number of rotatable bonds is 6. The molecule has 4 rings (SSSR count). The third kappa shape index (κ3) is 5.16. The fraction of sp³-hybridized carbons (Fsp3) is 0.120. The van der Waals surface area contributed by atoms with Crippen LogP contribution in [-0.2, 0) is 21.3 Å². The first-order valence-corrected chi connectivity index (χ1v) is 11.7. The zero-order valence-electron chi connectivity index (χ0n) is 17.1. The van der Waals surface area contributed by atoms with E-state index in [1.54, 1.807) is 43.3 Å². The zero-order valence-corrected chi connectivity index (χ0v) is 17.9. The second kappa shape index (κ2) is 8.70. The molecule has 156 valence electrons. The Labute approximate surface area is 181 Å². The standard InChI is InChI=1S/C25H22N2O3S/c1-18-23(15-21-11-5-6-13-24(21)26-18)25(28)27-22-12-7-10-20(14-22)17-31(29,30)16-19-8-3-2-4-9-19/h2-15H,16-17H2,1H3,(H,27,28). The molecule has 0 saturated carbocycles. The van der Waals surface area contributed by atoms with Gasteiger partial charge in [-0.25, -0.2) is 8.42 Å². The maximum Gasteiger partial charge on any atom is 0.257 e. The summed E-state index contributed by atoms with van der Waals surface area (Å²) in [6.45, 7) is 1.80. The Morgan fingerprint density at radius 3 is 2.32 bits per heavy atom. The number of amides is 1. The van der Waals surface area contributed by atoms with Crippen molar-refractivity contribution in [2.24, 2.45) is 0 Å². The Kier molecular flexibility index (Phi) is 5.82. The molecule has 0 bridgehead atoms. The van der Waals surface area contributed by atoms with E-state index in [0.717, 1.165) is 16.5 Å². The van der Waals surface area contributed by atoms with Crippen molar-refractivity contribution < 1.29 is 13.2 Å². The number of anilines is 1. The number of aromatic nitrogens is 1. The van der Waals surface area contributed by atoms with Gasteiger partial charge in [0.1, 0.15) is 0 Å². The van der Waals surface area contributed by atoms with Crippen molar-refractivity contribution in [1.29, 1.82) is 0 Å². The molecule has 1 amide bonds. The number of hydrogen-bond donors (Lipinski definition) is 1. The van der Waals surface area contributed by atoms with Gasteiger partial charge in [0.15, 0.2) is 9.84 Å². The average molecular weight is 431 g/mol. The molecule has 3 aromatic carbocycles. The molecule has 4 aromatic rings. The number of pyridine rings is 1. The molecule has 0 radical (unpaired) electrons. The second-order valence-electron chi connectivity index (χ2n) is 7.49. The summed E-state index contributed by atoms with van der Waals surface area (Å²) in [6, 6.07) is 25.5. The summed E-state index contributed by atoms with van der Waals surface area (Å²) in [6.07, 6.45) is 0.